The molecule has 0 atom stereocenters. The quantitative estimate of drug-likeness (QED) is 0.752. The van der Waals surface area contributed by atoms with E-state index in [1.807, 2.05) is 6.07 Å². The summed E-state index contributed by atoms with van der Waals surface area (Å²) < 4.78 is 11.6. The molecule has 2 nitrogen and oxygen atoms in total. The average Bonchev–Trinajstić information content (AvgIpc) is 2.19. The molecule has 0 bridgehead atoms. The normalized spacial score (nSPS) is 9.62. The topological polar surface area (TPSA) is 29.1 Å². The van der Waals surface area contributed by atoms with E-state index in [4.69, 9.17) is 0 Å². The fourth-order valence-electron chi connectivity index (χ4n) is 0.895. The summed E-state index contributed by atoms with van der Waals surface area (Å²) in [4.78, 5) is 11.3. The van der Waals surface area contributed by atoms with Gasteiger partial charge >= 0.3 is 0 Å². The molecular weight excluding hydrogens is 189 g/mol. The van der Waals surface area contributed by atoms with E-state index >= 15 is 0 Å². The summed E-state index contributed by atoms with van der Waals surface area (Å²) in [5.41, 5.74) is 0.603. The summed E-state index contributed by atoms with van der Waals surface area (Å²) >= 11 is 0.224. The lowest BCUT2D eigenvalue weighted by molar-refractivity contribution is 0.0956. The predicted molar refractivity (Wildman–Crippen MR) is 52.3 cm³/mol. The second-order valence-corrected chi connectivity index (χ2v) is 3.06. The molecule has 0 saturated carbocycles. The highest BCUT2D eigenvalue weighted by atomic mass is 32.2. The summed E-state index contributed by atoms with van der Waals surface area (Å²) in [6.07, 6.45) is 0. The molecule has 1 aromatic carbocycles. The number of nitrogens with one attached hydrogen (secondary N) is 1. The van der Waals surface area contributed by atoms with Crippen LogP contribution in [-0.4, -0.2) is 18.2 Å². The highest BCUT2D eigenvalue weighted by molar-refractivity contribution is 7.94. The van der Waals surface area contributed by atoms with Gasteiger partial charge in [0.15, 0.2) is 0 Å². The number of halogens is 1. The lowest BCUT2D eigenvalue weighted by Crippen LogP contribution is -2.25. The van der Waals surface area contributed by atoms with Crippen molar-refractivity contribution in [3.05, 3.63) is 35.9 Å². The summed E-state index contributed by atoms with van der Waals surface area (Å²) in [5, 5.41) is 2.60. The van der Waals surface area contributed by atoms with Crippen LogP contribution in [-0.2, 0) is 0 Å². The predicted octanol–water partition coefficient (Wildman–Crippen LogP) is 2.03. The third kappa shape index (κ3) is 3.46. The van der Waals surface area contributed by atoms with Gasteiger partial charge < -0.3 is 5.32 Å². The Kier molecular flexibility index (Phi) is 4.32. The standard InChI is InChI=1S/C9H10FNOS/c10-13-7-6-11-9(12)8-4-2-1-3-5-8/h1-5H,6-7H2,(H,11,12). The van der Waals surface area contributed by atoms with Crippen molar-refractivity contribution < 1.29 is 8.68 Å². The largest absolute Gasteiger partial charge is 0.351 e. The van der Waals surface area contributed by atoms with Crippen LogP contribution in [0, 0.1) is 0 Å². The van der Waals surface area contributed by atoms with Crippen LogP contribution < -0.4 is 5.32 Å². The fourth-order valence-corrected chi connectivity index (χ4v) is 1.07. The van der Waals surface area contributed by atoms with Gasteiger partial charge in [-0.25, -0.2) is 0 Å². The smallest absolute Gasteiger partial charge is 0.251 e. The van der Waals surface area contributed by atoms with E-state index in [2.05, 4.69) is 5.32 Å². The molecule has 70 valence electrons. The average molecular weight is 199 g/mol. The van der Waals surface area contributed by atoms with Crippen LogP contribution in [0.4, 0.5) is 3.89 Å². The Labute approximate surface area is 80.8 Å². The zero-order chi connectivity index (χ0) is 9.52. The van der Waals surface area contributed by atoms with Gasteiger partial charge in [0.25, 0.3) is 5.91 Å². The van der Waals surface area contributed by atoms with Crippen LogP contribution in [0.5, 0.6) is 0 Å². The molecule has 0 aliphatic carbocycles. The second kappa shape index (κ2) is 5.59. The van der Waals surface area contributed by atoms with E-state index in [9.17, 15) is 8.68 Å². The van der Waals surface area contributed by atoms with Crippen molar-refractivity contribution in [1.29, 1.82) is 0 Å². The summed E-state index contributed by atoms with van der Waals surface area (Å²) in [6, 6.07) is 8.86. The molecule has 0 saturated heterocycles. The number of hydrogen-bond donors (Lipinski definition) is 1. The first kappa shape index (κ1) is 10.1. The zero-order valence-corrected chi connectivity index (χ0v) is 7.81. The van der Waals surface area contributed by atoms with Gasteiger partial charge in [0.2, 0.25) is 0 Å². The number of amides is 1. The minimum atomic E-state index is -0.158. The van der Waals surface area contributed by atoms with Gasteiger partial charge in [0, 0.05) is 30.0 Å². The fraction of sp³-hybridized carbons (Fsp3) is 0.222. The summed E-state index contributed by atoms with van der Waals surface area (Å²) in [5.74, 6) is 0.133. The van der Waals surface area contributed by atoms with Gasteiger partial charge in [0.05, 0.1) is 0 Å². The monoisotopic (exact) mass is 199 g/mol. The van der Waals surface area contributed by atoms with Gasteiger partial charge in [-0.3, -0.25) is 4.79 Å². The third-order valence-corrected chi connectivity index (χ3v) is 1.86. The minimum Gasteiger partial charge on any atom is -0.351 e. The number of benzene rings is 1. The molecule has 1 rings (SSSR count). The molecule has 0 aliphatic heterocycles. The second-order valence-electron chi connectivity index (χ2n) is 2.44. The van der Waals surface area contributed by atoms with Crippen molar-refractivity contribution in [2.24, 2.45) is 0 Å². The van der Waals surface area contributed by atoms with E-state index in [0.717, 1.165) is 0 Å². The Morgan fingerprint density at radius 3 is 2.69 bits per heavy atom. The lowest BCUT2D eigenvalue weighted by atomic mass is 10.2. The molecule has 0 spiro atoms. The molecule has 0 fully saturated rings. The molecule has 4 heteroatoms. The highest BCUT2D eigenvalue weighted by Crippen LogP contribution is 1.99. The van der Waals surface area contributed by atoms with Crippen molar-refractivity contribution in [3.8, 4) is 0 Å². The molecule has 13 heavy (non-hydrogen) atoms. The molecule has 0 unspecified atom stereocenters. The molecule has 0 heterocycles. The van der Waals surface area contributed by atoms with Crippen LogP contribution in [0.15, 0.2) is 30.3 Å². The van der Waals surface area contributed by atoms with Crippen LogP contribution in [0.3, 0.4) is 0 Å². The molecule has 0 aromatic heterocycles. The highest BCUT2D eigenvalue weighted by Gasteiger charge is 2.01. The summed E-state index contributed by atoms with van der Waals surface area (Å²) in [7, 11) is 0. The zero-order valence-electron chi connectivity index (χ0n) is 7.00. The van der Waals surface area contributed by atoms with Gasteiger partial charge in [-0.1, -0.05) is 18.2 Å². The SMILES string of the molecule is O=C(NCCSF)c1ccccc1. The first-order chi connectivity index (χ1) is 6.34. The molecular formula is C9H10FNOS. The van der Waals surface area contributed by atoms with E-state index in [1.54, 1.807) is 24.3 Å². The van der Waals surface area contributed by atoms with E-state index in [0.29, 0.717) is 17.9 Å². The van der Waals surface area contributed by atoms with Crippen molar-refractivity contribution >= 4 is 18.1 Å². The van der Waals surface area contributed by atoms with Crippen LogP contribution in [0.1, 0.15) is 10.4 Å². The first-order valence-electron chi connectivity index (χ1n) is 3.91. The number of carbonyl (C=O) groups excluding carboxylic acids is 1. The van der Waals surface area contributed by atoms with Crippen molar-refractivity contribution in [1.82, 2.24) is 5.32 Å². The van der Waals surface area contributed by atoms with E-state index in [1.165, 1.54) is 0 Å². The van der Waals surface area contributed by atoms with Crippen molar-refractivity contribution in [2.75, 3.05) is 12.3 Å². The molecule has 0 aliphatic rings. The molecule has 1 N–H and O–H groups in total. The van der Waals surface area contributed by atoms with E-state index in [-0.39, 0.29) is 18.1 Å². The van der Waals surface area contributed by atoms with Crippen LogP contribution in [0.2, 0.25) is 0 Å². The molecule has 1 aromatic rings. The Bertz CT molecular complexity index is 266. The Balaban J connectivity index is 2.40. The Morgan fingerprint density at radius 2 is 2.08 bits per heavy atom. The van der Waals surface area contributed by atoms with Crippen LogP contribution in [0.25, 0.3) is 0 Å². The van der Waals surface area contributed by atoms with Crippen LogP contribution >= 0.6 is 12.1 Å². The number of hydrogen-bond acceptors (Lipinski definition) is 2. The van der Waals surface area contributed by atoms with Gasteiger partial charge in [0.1, 0.15) is 0 Å². The number of carbonyl (C=O) groups is 1. The number of rotatable bonds is 4. The maximum Gasteiger partial charge on any atom is 0.251 e. The maximum atomic E-state index is 11.6. The van der Waals surface area contributed by atoms with Gasteiger partial charge in [-0.05, 0) is 12.1 Å². The Morgan fingerprint density at radius 1 is 1.38 bits per heavy atom. The first-order valence-corrected chi connectivity index (χ1v) is 4.80. The Hall–Kier alpha value is -1.03. The lowest BCUT2D eigenvalue weighted by Gasteiger charge is -2.01. The van der Waals surface area contributed by atoms with Crippen molar-refractivity contribution in [3.63, 3.8) is 0 Å². The van der Waals surface area contributed by atoms with Gasteiger partial charge in [-0.15, -0.1) is 0 Å². The minimum absolute atomic E-state index is 0.158. The van der Waals surface area contributed by atoms with E-state index < -0.39 is 0 Å². The molecule has 1 amide bonds. The molecule has 0 radical (unpaired) electrons. The van der Waals surface area contributed by atoms with Crippen molar-refractivity contribution in [2.45, 2.75) is 0 Å². The third-order valence-electron chi connectivity index (χ3n) is 1.50. The summed E-state index contributed by atoms with van der Waals surface area (Å²) in [6.45, 7) is 0.356. The van der Waals surface area contributed by atoms with Gasteiger partial charge in [-0.2, -0.15) is 3.89 Å². The maximum absolute atomic E-state index is 11.6.